The summed E-state index contributed by atoms with van der Waals surface area (Å²) in [5.74, 6) is 0. The van der Waals surface area contributed by atoms with E-state index in [1.54, 1.807) is 0 Å². The zero-order valence-corrected chi connectivity index (χ0v) is 21.6. The molecule has 1 aromatic rings. The highest BCUT2D eigenvalue weighted by Gasteiger charge is 2.30. The lowest BCUT2D eigenvalue weighted by Crippen LogP contribution is -2.32. The first-order valence-electron chi connectivity index (χ1n) is 11.7. The lowest BCUT2D eigenvalue weighted by atomic mass is 9.82. The van der Waals surface area contributed by atoms with E-state index >= 15 is 0 Å². The maximum Gasteiger partial charge on any atom is 0.178 e. The van der Waals surface area contributed by atoms with E-state index in [0.29, 0.717) is 11.5 Å². The van der Waals surface area contributed by atoms with Gasteiger partial charge >= 0.3 is 0 Å². The Hall–Kier alpha value is -0.683. The van der Waals surface area contributed by atoms with Crippen LogP contribution >= 0.6 is 0 Å². The highest BCUT2D eigenvalue weighted by atomic mass is 28.3. The van der Waals surface area contributed by atoms with Crippen LogP contribution in [0.3, 0.4) is 0 Å². The van der Waals surface area contributed by atoms with Crippen LogP contribution in [0.25, 0.3) is 0 Å². The third kappa shape index (κ3) is 12.6. The van der Waals surface area contributed by atoms with Gasteiger partial charge in [0.15, 0.2) is 9.04 Å². The number of rotatable bonds is 16. The molecule has 0 aromatic heterocycles. The Labute approximate surface area is 183 Å². The van der Waals surface area contributed by atoms with E-state index in [1.165, 1.54) is 62.8 Å². The third-order valence-corrected chi connectivity index (χ3v) is 9.31. The van der Waals surface area contributed by atoms with Gasteiger partial charge in [-0.15, -0.1) is 0 Å². The second-order valence-electron chi connectivity index (χ2n) is 9.83. The van der Waals surface area contributed by atoms with Gasteiger partial charge in [0.05, 0.1) is 0 Å². The summed E-state index contributed by atoms with van der Waals surface area (Å²) in [5.41, 5.74) is 1.87. The highest BCUT2D eigenvalue weighted by molar-refractivity contribution is 6.52. The smallest absolute Gasteiger partial charge is 0.178 e. The van der Waals surface area contributed by atoms with Gasteiger partial charge in [0.2, 0.25) is 0 Å². The van der Waals surface area contributed by atoms with Crippen LogP contribution in [0.2, 0.25) is 12.1 Å². The summed E-state index contributed by atoms with van der Waals surface area (Å²) in [6.07, 6.45) is 7.89. The average Bonchev–Trinajstić information content (AvgIpc) is 2.66. The first-order chi connectivity index (χ1) is 13.7. The van der Waals surface area contributed by atoms with Gasteiger partial charge in [-0.2, -0.15) is 0 Å². The molecule has 168 valence electrons. The summed E-state index contributed by atoms with van der Waals surface area (Å²) in [5, 5.41) is 0. The molecule has 0 aliphatic rings. The van der Waals surface area contributed by atoms with Gasteiger partial charge in [-0.25, -0.2) is 0 Å². The van der Waals surface area contributed by atoms with E-state index in [0.717, 1.165) is 6.42 Å². The van der Waals surface area contributed by atoms with Gasteiger partial charge in [0, 0.05) is 6.10 Å². The van der Waals surface area contributed by atoms with E-state index in [9.17, 15) is 0 Å². The molecule has 2 atom stereocenters. The minimum atomic E-state index is -1.27. The second kappa shape index (κ2) is 14.3. The summed E-state index contributed by atoms with van der Waals surface area (Å²) in [6.45, 7) is 9.43. The van der Waals surface area contributed by atoms with Crippen molar-refractivity contribution in [2.45, 2.75) is 77.5 Å². The Bertz CT molecular complexity index is 507. The number of benzene rings is 1. The molecule has 0 saturated heterocycles. The summed E-state index contributed by atoms with van der Waals surface area (Å²) >= 11 is 0. The maximum atomic E-state index is 6.69. The van der Waals surface area contributed by atoms with Crippen molar-refractivity contribution >= 4 is 9.04 Å². The molecule has 1 aromatic carbocycles. The molecule has 0 bridgehead atoms. The van der Waals surface area contributed by atoms with E-state index in [1.807, 2.05) is 0 Å². The van der Waals surface area contributed by atoms with Crippen molar-refractivity contribution < 1.29 is 4.43 Å². The molecule has 0 amide bonds. The molecule has 0 N–H and O–H groups in total. The molecule has 0 heterocycles. The molecule has 0 aliphatic carbocycles. The van der Waals surface area contributed by atoms with Crippen LogP contribution in [0.1, 0.15) is 58.4 Å². The first kappa shape index (κ1) is 26.4. The minimum Gasteiger partial charge on any atom is -0.417 e. The van der Waals surface area contributed by atoms with Gasteiger partial charge in [-0.1, -0.05) is 44.2 Å². The lowest BCUT2D eigenvalue weighted by Gasteiger charge is -2.35. The van der Waals surface area contributed by atoms with E-state index in [4.69, 9.17) is 4.43 Å². The van der Waals surface area contributed by atoms with Crippen LogP contribution < -0.4 is 0 Å². The molecular formula is C25H48N2OSi. The van der Waals surface area contributed by atoms with Crippen LogP contribution in [0.5, 0.6) is 0 Å². The van der Waals surface area contributed by atoms with E-state index < -0.39 is 9.04 Å². The van der Waals surface area contributed by atoms with Crippen molar-refractivity contribution in [2.75, 3.05) is 41.3 Å². The lowest BCUT2D eigenvalue weighted by molar-refractivity contribution is 0.195. The van der Waals surface area contributed by atoms with Crippen LogP contribution in [0.4, 0.5) is 0 Å². The van der Waals surface area contributed by atoms with Crippen molar-refractivity contribution in [1.82, 2.24) is 9.80 Å². The first-order valence-corrected chi connectivity index (χ1v) is 13.8. The summed E-state index contributed by atoms with van der Waals surface area (Å²) in [6, 6.07) is 13.5. The maximum absolute atomic E-state index is 6.69. The molecule has 0 saturated carbocycles. The van der Waals surface area contributed by atoms with Gasteiger partial charge in [-0.05, 0) is 110 Å². The second-order valence-corrected chi connectivity index (χ2v) is 12.3. The molecule has 0 fully saturated rings. The fraction of sp³-hybridized carbons (Fsp3) is 0.760. The largest absolute Gasteiger partial charge is 0.417 e. The van der Waals surface area contributed by atoms with Crippen LogP contribution in [0.15, 0.2) is 30.3 Å². The normalized spacial score (nSPS) is 14.5. The Morgan fingerprint density at radius 2 is 1.52 bits per heavy atom. The van der Waals surface area contributed by atoms with E-state index in [-0.39, 0.29) is 0 Å². The molecular weight excluding hydrogens is 372 g/mol. The van der Waals surface area contributed by atoms with Crippen LogP contribution in [-0.2, 0) is 10.8 Å². The number of aryl methyl sites for hydroxylation is 1. The van der Waals surface area contributed by atoms with Gasteiger partial charge < -0.3 is 14.2 Å². The minimum absolute atomic E-state index is 0.398. The fourth-order valence-corrected chi connectivity index (χ4v) is 7.59. The SMILES string of the molecule is CCC(C)O[SiH](CCc1ccccc1)CC(C)(CCCN(C)C)CCCN(C)C. The summed E-state index contributed by atoms with van der Waals surface area (Å²) in [7, 11) is 7.48. The highest BCUT2D eigenvalue weighted by Crippen LogP contribution is 2.36. The number of nitrogens with zero attached hydrogens (tertiary/aromatic N) is 2. The predicted molar refractivity (Wildman–Crippen MR) is 131 cm³/mol. The zero-order valence-electron chi connectivity index (χ0n) is 20.4. The van der Waals surface area contributed by atoms with Crippen molar-refractivity contribution in [3.05, 3.63) is 35.9 Å². The topological polar surface area (TPSA) is 15.7 Å². The van der Waals surface area contributed by atoms with Crippen molar-refractivity contribution in [3.8, 4) is 0 Å². The van der Waals surface area contributed by atoms with Crippen molar-refractivity contribution in [1.29, 1.82) is 0 Å². The predicted octanol–water partition coefficient (Wildman–Crippen LogP) is 5.46. The Kier molecular flexibility index (Phi) is 13.0. The molecule has 1 rings (SSSR count). The monoisotopic (exact) mass is 420 g/mol. The zero-order chi connectivity index (χ0) is 21.7. The molecule has 4 heteroatoms. The average molecular weight is 421 g/mol. The van der Waals surface area contributed by atoms with Gasteiger partial charge in [-0.3, -0.25) is 0 Å². The third-order valence-electron chi connectivity index (χ3n) is 6.09. The molecule has 0 aliphatic heterocycles. The molecule has 2 unspecified atom stereocenters. The summed E-state index contributed by atoms with van der Waals surface area (Å²) < 4.78 is 6.69. The molecule has 29 heavy (non-hydrogen) atoms. The molecule has 0 spiro atoms. The Balaban J connectivity index is 2.78. The Morgan fingerprint density at radius 3 is 2.00 bits per heavy atom. The quantitative estimate of drug-likeness (QED) is 0.330. The fourth-order valence-electron chi connectivity index (χ4n) is 4.14. The van der Waals surface area contributed by atoms with Gasteiger partial charge in [0.1, 0.15) is 0 Å². The van der Waals surface area contributed by atoms with Crippen molar-refractivity contribution in [3.63, 3.8) is 0 Å². The number of hydrogen-bond acceptors (Lipinski definition) is 3. The number of hydrogen-bond donors (Lipinski definition) is 0. The van der Waals surface area contributed by atoms with Gasteiger partial charge in [0.25, 0.3) is 0 Å². The van der Waals surface area contributed by atoms with Crippen LogP contribution in [0, 0.1) is 5.41 Å². The molecule has 3 nitrogen and oxygen atoms in total. The standard InChI is InChI=1S/C25H48N2OSi/c1-8-23(2)28-29(21-16-24-14-10-9-11-15-24)22-25(3,17-12-19-26(4)5)18-13-20-27(6)7/h9-11,14-15,23,29H,8,12-13,16-22H2,1-7H3. The molecule has 0 radical (unpaired) electrons. The van der Waals surface area contributed by atoms with E-state index in [2.05, 4.69) is 89.1 Å². The Morgan fingerprint density at radius 1 is 0.966 bits per heavy atom. The van der Waals surface area contributed by atoms with Crippen molar-refractivity contribution in [2.24, 2.45) is 5.41 Å². The van der Waals surface area contributed by atoms with Crippen LogP contribution in [-0.4, -0.2) is 66.2 Å². The summed E-state index contributed by atoms with van der Waals surface area (Å²) in [4.78, 5) is 4.64.